The van der Waals surface area contributed by atoms with Crippen molar-refractivity contribution in [1.29, 1.82) is 0 Å². The highest BCUT2D eigenvalue weighted by molar-refractivity contribution is 5.72. The van der Waals surface area contributed by atoms with Crippen LogP contribution in [0, 0.1) is 13.8 Å². The van der Waals surface area contributed by atoms with Gasteiger partial charge in [0.25, 0.3) is 0 Å². The molecule has 2 aromatic heterocycles. The minimum Gasteiger partial charge on any atom is -0.352 e. The zero-order valence-electron chi connectivity index (χ0n) is 16.1. The first kappa shape index (κ1) is 18.5. The van der Waals surface area contributed by atoms with Crippen molar-refractivity contribution >= 4 is 5.91 Å². The fourth-order valence-corrected chi connectivity index (χ4v) is 3.58. The zero-order valence-corrected chi connectivity index (χ0v) is 16.1. The Morgan fingerprint density at radius 2 is 2.15 bits per heavy atom. The summed E-state index contributed by atoms with van der Waals surface area (Å²) in [6, 6.07) is 0.254. The number of carbonyl (C=O) groups is 1. The second-order valence-electron chi connectivity index (χ2n) is 6.96. The SMILES string of the molecule is CCn1cc(CN2CCCC2c2nc(C)ncc2CNC(C)=O)c(C)n1. The fraction of sp³-hybridized carbons (Fsp3) is 0.579. The van der Waals surface area contributed by atoms with Crippen molar-refractivity contribution in [1.82, 2.24) is 30.0 Å². The standard InChI is InChI=1S/C19H28N6O/c1-5-25-12-17(13(2)23-25)11-24-8-6-7-18(24)19-16(10-21-15(4)26)9-20-14(3)22-19/h9,12,18H,5-8,10-11H2,1-4H3,(H,21,26). The topological polar surface area (TPSA) is 75.9 Å². The molecule has 1 saturated heterocycles. The minimum atomic E-state index is -0.0394. The number of carbonyl (C=O) groups excluding carboxylic acids is 1. The minimum absolute atomic E-state index is 0.0394. The lowest BCUT2D eigenvalue weighted by atomic mass is 10.1. The van der Waals surface area contributed by atoms with Gasteiger partial charge in [0.15, 0.2) is 0 Å². The molecule has 2 aromatic rings. The number of nitrogens with one attached hydrogen (secondary N) is 1. The van der Waals surface area contributed by atoms with Crippen LogP contribution in [0.15, 0.2) is 12.4 Å². The molecule has 0 radical (unpaired) electrons. The van der Waals surface area contributed by atoms with Crippen molar-refractivity contribution in [2.75, 3.05) is 6.54 Å². The van der Waals surface area contributed by atoms with E-state index in [-0.39, 0.29) is 11.9 Å². The van der Waals surface area contributed by atoms with Gasteiger partial charge in [-0.25, -0.2) is 9.97 Å². The first-order valence-corrected chi connectivity index (χ1v) is 9.31. The lowest BCUT2D eigenvalue weighted by molar-refractivity contribution is -0.119. The van der Waals surface area contributed by atoms with E-state index in [1.54, 1.807) is 0 Å². The molecular formula is C19H28N6O. The van der Waals surface area contributed by atoms with E-state index in [0.29, 0.717) is 6.54 Å². The third kappa shape index (κ3) is 4.09. The average molecular weight is 356 g/mol. The molecule has 3 heterocycles. The van der Waals surface area contributed by atoms with Crippen LogP contribution in [0.5, 0.6) is 0 Å². The van der Waals surface area contributed by atoms with Crippen LogP contribution in [0.4, 0.5) is 0 Å². The fourth-order valence-electron chi connectivity index (χ4n) is 3.58. The Balaban J connectivity index is 1.84. The Morgan fingerprint density at radius 3 is 2.85 bits per heavy atom. The van der Waals surface area contributed by atoms with Gasteiger partial charge in [0, 0.05) is 50.1 Å². The van der Waals surface area contributed by atoms with Crippen molar-refractivity contribution in [2.24, 2.45) is 0 Å². The van der Waals surface area contributed by atoms with Crippen LogP contribution in [-0.4, -0.2) is 37.1 Å². The van der Waals surface area contributed by atoms with E-state index in [1.165, 1.54) is 12.5 Å². The average Bonchev–Trinajstić information content (AvgIpc) is 3.20. The van der Waals surface area contributed by atoms with Crippen LogP contribution in [-0.2, 0) is 24.4 Å². The van der Waals surface area contributed by atoms with Crippen LogP contribution in [0.2, 0.25) is 0 Å². The van der Waals surface area contributed by atoms with E-state index in [4.69, 9.17) is 4.98 Å². The van der Waals surface area contributed by atoms with E-state index < -0.39 is 0 Å². The van der Waals surface area contributed by atoms with E-state index in [0.717, 1.165) is 55.3 Å². The van der Waals surface area contributed by atoms with E-state index in [1.807, 2.05) is 17.8 Å². The van der Waals surface area contributed by atoms with Crippen LogP contribution in [0.1, 0.15) is 61.1 Å². The van der Waals surface area contributed by atoms with Gasteiger partial charge in [-0.2, -0.15) is 5.10 Å². The van der Waals surface area contributed by atoms with Crippen LogP contribution in [0.25, 0.3) is 0 Å². The van der Waals surface area contributed by atoms with Crippen molar-refractivity contribution in [3.8, 4) is 0 Å². The van der Waals surface area contributed by atoms with Gasteiger partial charge in [-0.1, -0.05) is 0 Å². The van der Waals surface area contributed by atoms with Gasteiger partial charge in [0.2, 0.25) is 5.91 Å². The number of hydrogen-bond donors (Lipinski definition) is 1. The molecule has 1 amide bonds. The zero-order chi connectivity index (χ0) is 18.7. The quantitative estimate of drug-likeness (QED) is 0.859. The summed E-state index contributed by atoms with van der Waals surface area (Å²) in [4.78, 5) is 22.9. The second kappa shape index (κ2) is 7.95. The Kier molecular flexibility index (Phi) is 5.66. The van der Waals surface area contributed by atoms with Crippen LogP contribution >= 0.6 is 0 Å². The number of aromatic nitrogens is 4. The highest BCUT2D eigenvalue weighted by Crippen LogP contribution is 2.34. The normalized spacial score (nSPS) is 17.6. The molecule has 0 aliphatic carbocycles. The Hall–Kier alpha value is -2.28. The first-order chi connectivity index (χ1) is 12.5. The summed E-state index contributed by atoms with van der Waals surface area (Å²) in [5.41, 5.74) is 4.41. The molecule has 0 bridgehead atoms. The van der Waals surface area contributed by atoms with Crippen molar-refractivity contribution < 1.29 is 4.79 Å². The lowest BCUT2D eigenvalue weighted by Gasteiger charge is -2.25. The van der Waals surface area contributed by atoms with Gasteiger partial charge in [0.05, 0.1) is 17.4 Å². The van der Waals surface area contributed by atoms with Crippen molar-refractivity contribution in [3.05, 3.63) is 40.7 Å². The number of rotatable bonds is 6. The van der Waals surface area contributed by atoms with Crippen molar-refractivity contribution in [3.63, 3.8) is 0 Å². The molecule has 0 aromatic carbocycles. The number of likely N-dealkylation sites (tertiary alicyclic amines) is 1. The Labute approximate surface area is 154 Å². The third-order valence-electron chi connectivity index (χ3n) is 4.97. The van der Waals surface area contributed by atoms with E-state index in [9.17, 15) is 4.79 Å². The lowest BCUT2D eigenvalue weighted by Crippen LogP contribution is -2.27. The molecule has 1 aliphatic rings. The maximum Gasteiger partial charge on any atom is 0.217 e. The monoisotopic (exact) mass is 356 g/mol. The smallest absolute Gasteiger partial charge is 0.217 e. The molecule has 0 spiro atoms. The maximum atomic E-state index is 11.3. The Morgan fingerprint density at radius 1 is 1.35 bits per heavy atom. The van der Waals surface area contributed by atoms with Gasteiger partial charge >= 0.3 is 0 Å². The maximum absolute atomic E-state index is 11.3. The molecular weight excluding hydrogens is 328 g/mol. The molecule has 1 aliphatic heterocycles. The summed E-state index contributed by atoms with van der Waals surface area (Å²) in [5, 5.41) is 7.45. The highest BCUT2D eigenvalue weighted by Gasteiger charge is 2.30. The van der Waals surface area contributed by atoms with Crippen molar-refractivity contribution in [2.45, 2.75) is 66.2 Å². The largest absolute Gasteiger partial charge is 0.352 e. The third-order valence-corrected chi connectivity index (χ3v) is 4.97. The summed E-state index contributed by atoms with van der Waals surface area (Å²) in [7, 11) is 0. The van der Waals surface area contributed by atoms with Gasteiger partial charge in [-0.3, -0.25) is 14.4 Å². The summed E-state index contributed by atoms with van der Waals surface area (Å²) < 4.78 is 1.99. The summed E-state index contributed by atoms with van der Waals surface area (Å²) in [6.07, 6.45) is 6.22. The summed E-state index contributed by atoms with van der Waals surface area (Å²) in [5.74, 6) is 0.732. The van der Waals surface area contributed by atoms with E-state index >= 15 is 0 Å². The molecule has 0 saturated carbocycles. The predicted molar refractivity (Wildman–Crippen MR) is 99.3 cm³/mol. The predicted octanol–water partition coefficient (Wildman–Crippen LogP) is 2.28. The number of amides is 1. The number of nitrogens with zero attached hydrogens (tertiary/aromatic N) is 5. The van der Waals surface area contributed by atoms with E-state index in [2.05, 4.69) is 40.3 Å². The number of aryl methyl sites for hydroxylation is 3. The van der Waals surface area contributed by atoms with Gasteiger partial charge in [-0.05, 0) is 40.2 Å². The second-order valence-corrected chi connectivity index (χ2v) is 6.96. The summed E-state index contributed by atoms with van der Waals surface area (Å²) >= 11 is 0. The molecule has 1 fully saturated rings. The molecule has 1 atom stereocenters. The molecule has 7 heteroatoms. The van der Waals surface area contributed by atoms with Gasteiger partial charge in [-0.15, -0.1) is 0 Å². The molecule has 1 unspecified atom stereocenters. The molecule has 1 N–H and O–H groups in total. The molecule has 7 nitrogen and oxygen atoms in total. The molecule has 140 valence electrons. The van der Waals surface area contributed by atoms with Gasteiger partial charge in [0.1, 0.15) is 5.82 Å². The number of hydrogen-bond acceptors (Lipinski definition) is 5. The Bertz CT molecular complexity index is 784. The van der Waals surface area contributed by atoms with Gasteiger partial charge < -0.3 is 5.32 Å². The molecule has 26 heavy (non-hydrogen) atoms. The van der Waals surface area contributed by atoms with Crippen LogP contribution < -0.4 is 5.32 Å². The highest BCUT2D eigenvalue weighted by atomic mass is 16.1. The summed E-state index contributed by atoms with van der Waals surface area (Å²) in [6.45, 7) is 10.9. The molecule has 3 rings (SSSR count). The van der Waals surface area contributed by atoms with Crippen LogP contribution in [0.3, 0.4) is 0 Å². The first-order valence-electron chi connectivity index (χ1n) is 9.31.